The lowest BCUT2D eigenvalue weighted by Crippen LogP contribution is -2.21. The highest BCUT2D eigenvalue weighted by Gasteiger charge is 2.34. The van der Waals surface area contributed by atoms with Gasteiger partial charge in [0.1, 0.15) is 12.4 Å². The van der Waals surface area contributed by atoms with E-state index in [1.807, 2.05) is 18.2 Å². The number of rotatable bonds is 4. The summed E-state index contributed by atoms with van der Waals surface area (Å²) in [5, 5.41) is 7.32. The molecule has 0 amide bonds. The van der Waals surface area contributed by atoms with Crippen molar-refractivity contribution < 1.29 is 4.74 Å². The molecule has 2 aliphatic rings. The fourth-order valence-electron chi connectivity index (χ4n) is 4.57. The molecule has 0 saturated carbocycles. The Hall–Kier alpha value is -2.78. The minimum atomic E-state index is 0.555. The zero-order valence-electron chi connectivity index (χ0n) is 16.0. The zero-order valence-corrected chi connectivity index (χ0v) is 16.0. The molecule has 1 saturated heterocycles. The minimum Gasteiger partial charge on any atom is -0.489 e. The van der Waals surface area contributed by atoms with E-state index in [1.54, 1.807) is 0 Å². The average molecular weight is 370 g/mol. The van der Waals surface area contributed by atoms with Crippen LogP contribution in [0.3, 0.4) is 0 Å². The molecule has 3 aromatic carbocycles. The molecule has 142 valence electrons. The zero-order chi connectivity index (χ0) is 18.8. The van der Waals surface area contributed by atoms with Crippen molar-refractivity contribution in [2.45, 2.75) is 31.4 Å². The lowest BCUT2D eigenvalue weighted by molar-refractivity contribution is 0.306. The van der Waals surface area contributed by atoms with E-state index >= 15 is 0 Å². The van der Waals surface area contributed by atoms with Crippen molar-refractivity contribution in [2.24, 2.45) is 0 Å². The molecule has 0 aromatic heterocycles. The first kappa shape index (κ1) is 17.3. The van der Waals surface area contributed by atoms with Crippen LogP contribution in [0.2, 0.25) is 0 Å². The smallest absolute Gasteiger partial charge is 0.119 e. The van der Waals surface area contributed by atoms with Gasteiger partial charge in [0.15, 0.2) is 0 Å². The average Bonchev–Trinajstić information content (AvgIpc) is 2.95. The summed E-state index contributed by atoms with van der Waals surface area (Å²) in [5.41, 5.74) is 6.62. The monoisotopic (exact) mass is 370 g/mol. The van der Waals surface area contributed by atoms with E-state index < -0.39 is 0 Å². The van der Waals surface area contributed by atoms with Gasteiger partial charge in [0.25, 0.3) is 0 Å². The predicted molar refractivity (Wildman–Crippen MR) is 115 cm³/mol. The number of hydrogen-bond donors (Lipinski definition) is 2. The lowest BCUT2D eigenvalue weighted by atomic mass is 9.86. The molecule has 2 unspecified atom stereocenters. The van der Waals surface area contributed by atoms with E-state index in [1.165, 1.54) is 40.8 Å². The molecular formula is C25H26N2O. The van der Waals surface area contributed by atoms with Crippen LogP contribution >= 0.6 is 0 Å². The lowest BCUT2D eigenvalue weighted by Gasteiger charge is -2.18. The molecule has 2 N–H and O–H groups in total. The van der Waals surface area contributed by atoms with E-state index in [9.17, 15) is 0 Å². The van der Waals surface area contributed by atoms with E-state index in [0.717, 1.165) is 18.8 Å². The van der Waals surface area contributed by atoms with Crippen molar-refractivity contribution in [3.8, 4) is 16.9 Å². The largest absolute Gasteiger partial charge is 0.489 e. The number of ether oxygens (including phenoxy) is 1. The van der Waals surface area contributed by atoms with Crippen LogP contribution in [0, 0.1) is 0 Å². The first-order valence-corrected chi connectivity index (χ1v) is 10.3. The molecule has 2 atom stereocenters. The van der Waals surface area contributed by atoms with Crippen LogP contribution in [0.1, 0.15) is 29.9 Å². The highest BCUT2D eigenvalue weighted by atomic mass is 16.5. The van der Waals surface area contributed by atoms with Gasteiger partial charge in [-0.1, -0.05) is 54.6 Å². The SMILES string of the molecule is c1ccc(COc2ccc(-c3cccc4c3C3CCNCCC3N4)cc2)cc1. The fourth-order valence-corrected chi connectivity index (χ4v) is 4.57. The Balaban J connectivity index is 1.38. The molecule has 3 heteroatoms. The van der Waals surface area contributed by atoms with Gasteiger partial charge in [-0.3, -0.25) is 0 Å². The van der Waals surface area contributed by atoms with Crippen LogP contribution < -0.4 is 15.4 Å². The maximum Gasteiger partial charge on any atom is 0.119 e. The van der Waals surface area contributed by atoms with Gasteiger partial charge >= 0.3 is 0 Å². The van der Waals surface area contributed by atoms with Crippen molar-refractivity contribution in [2.75, 3.05) is 18.4 Å². The molecule has 1 fully saturated rings. The molecule has 28 heavy (non-hydrogen) atoms. The second-order valence-electron chi connectivity index (χ2n) is 7.75. The van der Waals surface area contributed by atoms with Crippen molar-refractivity contribution >= 4 is 5.69 Å². The Bertz CT molecular complexity index is 937. The third-order valence-corrected chi connectivity index (χ3v) is 5.98. The highest BCUT2D eigenvalue weighted by Crippen LogP contribution is 2.45. The molecular weight excluding hydrogens is 344 g/mol. The Morgan fingerprint density at radius 2 is 1.64 bits per heavy atom. The van der Waals surface area contributed by atoms with E-state index in [0.29, 0.717) is 18.6 Å². The number of anilines is 1. The maximum atomic E-state index is 5.96. The van der Waals surface area contributed by atoms with Crippen molar-refractivity contribution in [3.63, 3.8) is 0 Å². The van der Waals surface area contributed by atoms with Gasteiger partial charge in [-0.15, -0.1) is 0 Å². The highest BCUT2D eigenvalue weighted by molar-refractivity contribution is 5.78. The van der Waals surface area contributed by atoms with Crippen LogP contribution in [0.25, 0.3) is 11.1 Å². The van der Waals surface area contributed by atoms with E-state index in [2.05, 4.69) is 65.2 Å². The molecule has 0 spiro atoms. The molecule has 5 rings (SSSR count). The van der Waals surface area contributed by atoms with Crippen LogP contribution in [-0.2, 0) is 6.61 Å². The standard InChI is InChI=1S/C25H26N2O/c1-2-5-18(6-3-1)17-28-20-11-9-19(10-12-20)21-7-4-8-24-25(21)22-13-15-26-16-14-23(22)27-24/h1-12,22-23,26-27H,13-17H2. The normalized spacial score (nSPS) is 20.6. The first-order valence-electron chi connectivity index (χ1n) is 10.3. The molecule has 0 bridgehead atoms. The second-order valence-corrected chi connectivity index (χ2v) is 7.75. The van der Waals surface area contributed by atoms with Crippen molar-refractivity contribution in [3.05, 3.63) is 83.9 Å². The molecule has 0 aliphatic carbocycles. The summed E-state index contributed by atoms with van der Waals surface area (Å²) < 4.78 is 5.96. The summed E-state index contributed by atoms with van der Waals surface area (Å²) in [6.07, 6.45) is 2.38. The number of nitrogens with one attached hydrogen (secondary N) is 2. The summed E-state index contributed by atoms with van der Waals surface area (Å²) in [5.74, 6) is 1.50. The van der Waals surface area contributed by atoms with Gasteiger partial charge in [-0.25, -0.2) is 0 Å². The van der Waals surface area contributed by atoms with E-state index in [-0.39, 0.29) is 0 Å². The molecule has 2 heterocycles. The van der Waals surface area contributed by atoms with Gasteiger partial charge in [-0.05, 0) is 66.4 Å². The van der Waals surface area contributed by atoms with Gasteiger partial charge < -0.3 is 15.4 Å². The van der Waals surface area contributed by atoms with Crippen molar-refractivity contribution in [1.29, 1.82) is 0 Å². The summed E-state index contributed by atoms with van der Waals surface area (Å²) in [6.45, 7) is 2.80. The molecule has 3 aromatic rings. The van der Waals surface area contributed by atoms with Gasteiger partial charge in [0.2, 0.25) is 0 Å². The topological polar surface area (TPSA) is 33.3 Å². The van der Waals surface area contributed by atoms with Crippen LogP contribution in [0.4, 0.5) is 5.69 Å². The van der Waals surface area contributed by atoms with Crippen molar-refractivity contribution in [1.82, 2.24) is 5.32 Å². The summed E-state index contributed by atoms with van der Waals surface area (Å²) in [6, 6.07) is 26.1. The minimum absolute atomic E-state index is 0.555. The first-order chi connectivity index (χ1) is 13.9. The molecule has 0 radical (unpaired) electrons. The van der Waals surface area contributed by atoms with Gasteiger partial charge in [0, 0.05) is 17.6 Å². The van der Waals surface area contributed by atoms with Crippen LogP contribution in [0.5, 0.6) is 5.75 Å². The quantitative estimate of drug-likeness (QED) is 0.663. The maximum absolute atomic E-state index is 5.96. The Morgan fingerprint density at radius 1 is 0.821 bits per heavy atom. The second kappa shape index (κ2) is 7.69. The number of hydrogen-bond acceptors (Lipinski definition) is 3. The van der Waals surface area contributed by atoms with Crippen LogP contribution in [0.15, 0.2) is 72.8 Å². The summed E-state index contributed by atoms with van der Waals surface area (Å²) in [7, 11) is 0. The number of benzene rings is 3. The molecule has 2 aliphatic heterocycles. The third kappa shape index (κ3) is 3.38. The Morgan fingerprint density at radius 3 is 2.50 bits per heavy atom. The van der Waals surface area contributed by atoms with E-state index in [4.69, 9.17) is 4.74 Å². The fraction of sp³-hybridized carbons (Fsp3) is 0.280. The third-order valence-electron chi connectivity index (χ3n) is 5.98. The Kier molecular flexibility index (Phi) is 4.76. The molecule has 3 nitrogen and oxygen atoms in total. The van der Waals surface area contributed by atoms with Gasteiger partial charge in [0.05, 0.1) is 0 Å². The summed E-state index contributed by atoms with van der Waals surface area (Å²) >= 11 is 0. The predicted octanol–water partition coefficient (Wildman–Crippen LogP) is 5.19. The summed E-state index contributed by atoms with van der Waals surface area (Å²) in [4.78, 5) is 0. The van der Waals surface area contributed by atoms with Gasteiger partial charge in [-0.2, -0.15) is 0 Å². The number of fused-ring (bicyclic) bond motifs is 3. The Labute approximate surface area is 166 Å². The van der Waals surface area contributed by atoms with Crippen LogP contribution in [-0.4, -0.2) is 19.1 Å².